The second kappa shape index (κ2) is 9.55. The summed E-state index contributed by atoms with van der Waals surface area (Å²) in [5.41, 5.74) is 1.70. The topological polar surface area (TPSA) is 54.8 Å². The van der Waals surface area contributed by atoms with Gasteiger partial charge in [-0.3, -0.25) is 9.59 Å². The summed E-state index contributed by atoms with van der Waals surface area (Å²) in [5.74, 6) is -0.106. The van der Waals surface area contributed by atoms with E-state index in [2.05, 4.69) is 0 Å². The molecule has 0 unspecified atom stereocenters. The highest BCUT2D eigenvalue weighted by Gasteiger charge is 2.34. The van der Waals surface area contributed by atoms with Crippen LogP contribution in [-0.4, -0.2) is 59.0 Å². The third kappa shape index (κ3) is 5.23. The summed E-state index contributed by atoms with van der Waals surface area (Å²) in [7, 11) is 3.63. The molecule has 1 aliphatic rings. The van der Waals surface area contributed by atoms with Gasteiger partial charge >= 0.3 is 0 Å². The number of nitrogens with zero attached hydrogens (tertiary/aromatic N) is 3. The quantitative estimate of drug-likeness (QED) is 0.593. The predicted molar refractivity (Wildman–Crippen MR) is 108 cm³/mol. The Bertz CT molecular complexity index is 783. The molecule has 2 aromatic rings. The lowest BCUT2D eigenvalue weighted by atomic mass is 10.2. The highest BCUT2D eigenvalue weighted by Crippen LogP contribution is 2.28. The second-order valence-electron chi connectivity index (χ2n) is 7.30. The van der Waals surface area contributed by atoms with Gasteiger partial charge in [-0.2, -0.15) is 0 Å². The van der Waals surface area contributed by atoms with E-state index in [9.17, 15) is 9.59 Å². The zero-order valence-electron chi connectivity index (χ0n) is 16.7. The molecule has 6 nitrogen and oxygen atoms in total. The Morgan fingerprint density at radius 3 is 2.50 bits per heavy atom. The van der Waals surface area contributed by atoms with Crippen LogP contribution in [0.2, 0.25) is 0 Å². The van der Waals surface area contributed by atoms with Crippen molar-refractivity contribution in [2.75, 3.05) is 26.8 Å². The van der Waals surface area contributed by atoms with Gasteiger partial charge in [0, 0.05) is 50.8 Å². The Kier molecular flexibility index (Phi) is 6.87. The van der Waals surface area contributed by atoms with Crippen molar-refractivity contribution in [2.45, 2.75) is 31.8 Å². The smallest absolute Gasteiger partial charge is 0.254 e. The molecule has 1 heterocycles. The number of ether oxygens (including phenoxy) is 1. The fraction of sp³-hybridized carbons (Fsp3) is 0.455. The number of benzene rings is 1. The molecular weight excluding hydrogens is 354 g/mol. The molecule has 6 heteroatoms. The molecule has 28 heavy (non-hydrogen) atoms. The minimum absolute atomic E-state index is 0.00500. The maximum atomic E-state index is 13.1. The Labute approximate surface area is 166 Å². The molecule has 0 atom stereocenters. The summed E-state index contributed by atoms with van der Waals surface area (Å²) in [5, 5.41) is 0. The van der Waals surface area contributed by atoms with Crippen molar-refractivity contribution in [3.8, 4) is 0 Å². The van der Waals surface area contributed by atoms with Crippen LogP contribution in [0.4, 0.5) is 0 Å². The first-order valence-electron chi connectivity index (χ1n) is 9.83. The van der Waals surface area contributed by atoms with Crippen LogP contribution >= 0.6 is 0 Å². The van der Waals surface area contributed by atoms with Crippen LogP contribution in [0.3, 0.4) is 0 Å². The van der Waals surface area contributed by atoms with Crippen molar-refractivity contribution in [1.29, 1.82) is 0 Å². The molecule has 2 amide bonds. The summed E-state index contributed by atoms with van der Waals surface area (Å²) in [4.78, 5) is 29.7. The molecule has 0 spiro atoms. The van der Waals surface area contributed by atoms with Crippen LogP contribution in [0.25, 0.3) is 0 Å². The number of aryl methyl sites for hydroxylation is 1. The molecule has 1 saturated carbocycles. The molecule has 0 bridgehead atoms. The molecule has 0 aliphatic heterocycles. The van der Waals surface area contributed by atoms with Gasteiger partial charge in [0.25, 0.3) is 5.91 Å². The zero-order chi connectivity index (χ0) is 19.9. The number of methoxy groups -OCH3 is 1. The Morgan fingerprint density at radius 2 is 1.89 bits per heavy atom. The van der Waals surface area contributed by atoms with Gasteiger partial charge in [0.15, 0.2) is 0 Å². The maximum Gasteiger partial charge on any atom is 0.254 e. The molecular formula is C22H29N3O3. The molecule has 1 aromatic heterocycles. The summed E-state index contributed by atoms with van der Waals surface area (Å²) >= 11 is 0. The van der Waals surface area contributed by atoms with Crippen molar-refractivity contribution < 1.29 is 14.3 Å². The second-order valence-corrected chi connectivity index (χ2v) is 7.30. The molecule has 1 aliphatic carbocycles. The third-order valence-electron chi connectivity index (χ3n) is 5.10. The van der Waals surface area contributed by atoms with Crippen molar-refractivity contribution >= 4 is 11.8 Å². The fourth-order valence-corrected chi connectivity index (χ4v) is 3.31. The van der Waals surface area contributed by atoms with Crippen LogP contribution in [0.1, 0.15) is 35.3 Å². The van der Waals surface area contributed by atoms with Gasteiger partial charge in [0.1, 0.15) is 6.54 Å². The standard InChI is InChI=1S/C22H29N3O3/c1-23-13-6-10-20(23)16-25(19-11-12-19)21(26)17-24(14-7-15-28-2)22(27)18-8-4-3-5-9-18/h3-6,8-10,13,19H,7,11-12,14-17H2,1-2H3. The number of rotatable bonds is 10. The number of amides is 2. The molecule has 150 valence electrons. The first kappa shape index (κ1) is 20.1. The normalized spacial score (nSPS) is 13.4. The van der Waals surface area contributed by atoms with E-state index in [1.165, 1.54) is 0 Å². The van der Waals surface area contributed by atoms with Crippen molar-refractivity contribution in [3.63, 3.8) is 0 Å². The number of carbonyl (C=O) groups is 2. The molecule has 1 aromatic carbocycles. The van der Waals surface area contributed by atoms with Gasteiger partial charge in [-0.05, 0) is 43.5 Å². The minimum Gasteiger partial charge on any atom is -0.385 e. The lowest BCUT2D eigenvalue weighted by Crippen LogP contribution is -2.44. The first-order valence-corrected chi connectivity index (χ1v) is 9.83. The summed E-state index contributed by atoms with van der Waals surface area (Å²) < 4.78 is 7.16. The zero-order valence-corrected chi connectivity index (χ0v) is 16.7. The van der Waals surface area contributed by atoms with E-state index < -0.39 is 0 Å². The molecule has 1 fully saturated rings. The first-order chi connectivity index (χ1) is 13.6. The van der Waals surface area contributed by atoms with Crippen LogP contribution < -0.4 is 0 Å². The van der Waals surface area contributed by atoms with Gasteiger partial charge in [0.2, 0.25) is 5.91 Å². The van der Waals surface area contributed by atoms with Gasteiger partial charge in [-0.25, -0.2) is 0 Å². The van der Waals surface area contributed by atoms with Crippen molar-refractivity contribution in [3.05, 3.63) is 59.9 Å². The Balaban J connectivity index is 1.71. The van der Waals surface area contributed by atoms with Crippen LogP contribution in [0.15, 0.2) is 48.7 Å². The van der Waals surface area contributed by atoms with Gasteiger partial charge in [-0.15, -0.1) is 0 Å². The van der Waals surface area contributed by atoms with E-state index in [1.807, 2.05) is 53.0 Å². The fourth-order valence-electron chi connectivity index (χ4n) is 3.31. The van der Waals surface area contributed by atoms with Gasteiger partial charge in [-0.1, -0.05) is 18.2 Å². The van der Waals surface area contributed by atoms with Crippen molar-refractivity contribution in [1.82, 2.24) is 14.4 Å². The summed E-state index contributed by atoms with van der Waals surface area (Å²) in [6.07, 6.45) is 4.75. The number of aromatic nitrogens is 1. The molecule has 0 radical (unpaired) electrons. The average molecular weight is 383 g/mol. The number of carbonyl (C=O) groups excluding carboxylic acids is 2. The van der Waals surface area contributed by atoms with Crippen molar-refractivity contribution in [2.24, 2.45) is 7.05 Å². The lowest BCUT2D eigenvalue weighted by Gasteiger charge is -2.28. The Hall–Kier alpha value is -2.60. The lowest BCUT2D eigenvalue weighted by molar-refractivity contribution is -0.133. The van der Waals surface area contributed by atoms with E-state index in [1.54, 1.807) is 24.1 Å². The van der Waals surface area contributed by atoms with Gasteiger partial charge in [0.05, 0.1) is 6.54 Å². The molecule has 0 N–H and O–H groups in total. The molecule has 3 rings (SSSR count). The highest BCUT2D eigenvalue weighted by atomic mass is 16.5. The largest absolute Gasteiger partial charge is 0.385 e. The average Bonchev–Trinajstić information content (AvgIpc) is 3.47. The SMILES string of the molecule is COCCCN(CC(=O)N(Cc1cccn1C)C1CC1)C(=O)c1ccccc1. The minimum atomic E-state index is -0.111. The van der Waals surface area contributed by atoms with E-state index in [0.29, 0.717) is 31.7 Å². The van der Waals surface area contributed by atoms with E-state index >= 15 is 0 Å². The highest BCUT2D eigenvalue weighted by molar-refractivity contribution is 5.96. The van der Waals surface area contributed by atoms with Gasteiger partial charge < -0.3 is 19.1 Å². The Morgan fingerprint density at radius 1 is 1.14 bits per heavy atom. The van der Waals surface area contributed by atoms with Crippen LogP contribution in [0.5, 0.6) is 0 Å². The third-order valence-corrected chi connectivity index (χ3v) is 5.10. The number of hydrogen-bond donors (Lipinski definition) is 0. The predicted octanol–water partition coefficient (Wildman–Crippen LogP) is 2.70. The van der Waals surface area contributed by atoms with E-state index in [-0.39, 0.29) is 24.4 Å². The monoisotopic (exact) mass is 383 g/mol. The molecule has 0 saturated heterocycles. The number of hydrogen-bond acceptors (Lipinski definition) is 3. The van der Waals surface area contributed by atoms with E-state index in [0.717, 1.165) is 18.5 Å². The summed E-state index contributed by atoms with van der Waals surface area (Å²) in [6.45, 7) is 1.73. The maximum absolute atomic E-state index is 13.1. The summed E-state index contributed by atoms with van der Waals surface area (Å²) in [6, 6.07) is 13.5. The van der Waals surface area contributed by atoms with E-state index in [4.69, 9.17) is 4.74 Å². The van der Waals surface area contributed by atoms with Crippen LogP contribution in [-0.2, 0) is 23.1 Å². The van der Waals surface area contributed by atoms with Crippen LogP contribution in [0, 0.1) is 0 Å².